The molecule has 2 amide bonds. The van der Waals surface area contributed by atoms with Crippen LogP contribution in [0.15, 0.2) is 25.3 Å². The molecule has 0 aromatic rings. The van der Waals surface area contributed by atoms with Crippen LogP contribution in [0.1, 0.15) is 64.2 Å². The molecule has 31 heavy (non-hydrogen) atoms. The number of amides is 2. The van der Waals surface area contributed by atoms with Crippen molar-refractivity contribution in [1.82, 2.24) is 9.80 Å². The van der Waals surface area contributed by atoms with Gasteiger partial charge in [-0.1, -0.05) is 25.0 Å². The summed E-state index contributed by atoms with van der Waals surface area (Å²) in [6.07, 6.45) is 12.0. The van der Waals surface area contributed by atoms with Gasteiger partial charge in [0, 0.05) is 26.9 Å². The van der Waals surface area contributed by atoms with Crippen LogP contribution < -0.4 is 10.2 Å². The molecule has 0 heterocycles. The molecule has 0 unspecified atom stereocenters. The van der Waals surface area contributed by atoms with Gasteiger partial charge in [0.15, 0.2) is 0 Å². The van der Waals surface area contributed by atoms with Crippen molar-refractivity contribution in [1.29, 1.82) is 0 Å². The Morgan fingerprint density at radius 1 is 0.677 bits per heavy atom. The summed E-state index contributed by atoms with van der Waals surface area (Å²) in [6, 6.07) is 0. The Kier molecular flexibility index (Phi) is 25.7. The van der Waals surface area contributed by atoms with Crippen LogP contribution >= 0.6 is 0 Å². The summed E-state index contributed by atoms with van der Waals surface area (Å²) in [5.74, 6) is -2.73. The summed E-state index contributed by atoms with van der Waals surface area (Å²) >= 11 is 0. The van der Waals surface area contributed by atoms with E-state index in [2.05, 4.69) is 13.2 Å². The van der Waals surface area contributed by atoms with Gasteiger partial charge in [-0.3, -0.25) is 9.59 Å². The Balaban J connectivity index is -0.000000490. The van der Waals surface area contributed by atoms with Crippen molar-refractivity contribution >= 4 is 61.5 Å². The number of likely N-dealkylation sites (N-methyl/N-ethyl adjacent to an activating group) is 2. The summed E-state index contributed by atoms with van der Waals surface area (Å²) in [7, 11) is 2.95. The summed E-state index contributed by atoms with van der Waals surface area (Å²) in [5, 5.41) is 20.4. The van der Waals surface area contributed by atoms with Gasteiger partial charge < -0.3 is 29.6 Å². The minimum atomic E-state index is -1.22. The van der Waals surface area contributed by atoms with Gasteiger partial charge in [0.2, 0.25) is 11.8 Å². The van der Waals surface area contributed by atoms with Gasteiger partial charge in [0.1, 0.15) is 0 Å². The molecular formula is C22H36CaN2O6. The van der Waals surface area contributed by atoms with Gasteiger partial charge in [-0.15, -0.1) is 13.2 Å². The zero-order valence-corrected chi connectivity index (χ0v) is 21.3. The molecule has 0 aliphatic rings. The Labute approximate surface area is 216 Å². The van der Waals surface area contributed by atoms with Gasteiger partial charge in [0.05, 0.1) is 25.0 Å². The quantitative estimate of drug-likeness (QED) is 0.184. The summed E-state index contributed by atoms with van der Waals surface area (Å²) in [5.41, 5.74) is 0. The molecule has 0 rings (SSSR count). The average molecular weight is 465 g/mol. The number of aliphatic carboxylic acids is 2. The molecule has 0 saturated carbocycles. The molecule has 9 heteroatoms. The molecule has 0 aromatic heterocycles. The van der Waals surface area contributed by atoms with E-state index in [4.69, 9.17) is 0 Å². The third kappa shape index (κ3) is 24.8. The normalized spacial score (nSPS) is 9.35. The minimum absolute atomic E-state index is 0. The second-order valence-corrected chi connectivity index (χ2v) is 7.02. The number of carboxylic acid groups (broad SMARTS) is 2. The molecule has 0 bridgehead atoms. The van der Waals surface area contributed by atoms with Crippen LogP contribution in [0.3, 0.4) is 0 Å². The molecule has 0 aromatic carbocycles. The number of hydrogen-bond donors (Lipinski definition) is 0. The summed E-state index contributed by atoms with van der Waals surface area (Å²) in [4.78, 5) is 45.4. The first-order valence-corrected chi connectivity index (χ1v) is 10.2. The number of carbonyl (C=O) groups is 4. The number of hydrogen-bond acceptors (Lipinski definition) is 6. The first-order chi connectivity index (χ1) is 14.1. The van der Waals surface area contributed by atoms with Crippen molar-refractivity contribution in [2.75, 3.05) is 27.2 Å². The third-order valence-corrected chi connectivity index (χ3v) is 4.18. The van der Waals surface area contributed by atoms with Gasteiger partial charge in [0.25, 0.3) is 0 Å². The maximum atomic E-state index is 11.3. The van der Waals surface area contributed by atoms with Crippen molar-refractivity contribution < 1.29 is 29.4 Å². The minimum Gasteiger partial charge on any atom is -0.548 e. The second kappa shape index (κ2) is 23.3. The maximum absolute atomic E-state index is 11.3. The predicted molar refractivity (Wildman–Crippen MR) is 118 cm³/mol. The fourth-order valence-electron chi connectivity index (χ4n) is 2.43. The molecule has 0 aliphatic heterocycles. The zero-order valence-electron chi connectivity index (χ0n) is 19.1. The average Bonchev–Trinajstić information content (AvgIpc) is 2.66. The van der Waals surface area contributed by atoms with E-state index in [9.17, 15) is 29.4 Å². The SMILES string of the molecule is C=CCCCCCC(=O)N(C)CC(=O)[O-].C=CCCCCCC(=O)N(C)CC(=O)[O-].[Ca+2]. The van der Waals surface area contributed by atoms with E-state index in [1.165, 1.54) is 23.9 Å². The van der Waals surface area contributed by atoms with Crippen LogP contribution in [-0.2, 0) is 19.2 Å². The first-order valence-electron chi connectivity index (χ1n) is 10.2. The van der Waals surface area contributed by atoms with E-state index >= 15 is 0 Å². The summed E-state index contributed by atoms with van der Waals surface area (Å²) < 4.78 is 0. The predicted octanol–water partition coefficient (Wildman–Crippen LogP) is 0.282. The van der Waals surface area contributed by atoms with Crippen molar-refractivity contribution in [3.63, 3.8) is 0 Å². The Morgan fingerprint density at radius 2 is 1.00 bits per heavy atom. The van der Waals surface area contributed by atoms with Gasteiger partial charge in [-0.2, -0.15) is 0 Å². The van der Waals surface area contributed by atoms with Crippen LogP contribution in [0, 0.1) is 0 Å². The van der Waals surface area contributed by atoms with Gasteiger partial charge in [-0.25, -0.2) is 0 Å². The maximum Gasteiger partial charge on any atom is 2.00 e. The van der Waals surface area contributed by atoms with E-state index < -0.39 is 11.9 Å². The summed E-state index contributed by atoms with van der Waals surface area (Å²) in [6.45, 7) is 6.56. The smallest absolute Gasteiger partial charge is 0.548 e. The van der Waals surface area contributed by atoms with E-state index in [0.29, 0.717) is 12.8 Å². The third-order valence-electron chi connectivity index (χ3n) is 4.18. The molecule has 8 nitrogen and oxygen atoms in total. The monoisotopic (exact) mass is 464 g/mol. The molecule has 172 valence electrons. The van der Waals surface area contributed by atoms with Crippen LogP contribution in [-0.4, -0.2) is 98.5 Å². The number of carbonyl (C=O) groups excluding carboxylic acids is 4. The fourth-order valence-corrected chi connectivity index (χ4v) is 2.43. The van der Waals surface area contributed by atoms with E-state index in [-0.39, 0.29) is 62.6 Å². The number of allylic oxidation sites excluding steroid dienone is 2. The Morgan fingerprint density at radius 3 is 1.26 bits per heavy atom. The van der Waals surface area contributed by atoms with Crippen LogP contribution in [0.25, 0.3) is 0 Å². The van der Waals surface area contributed by atoms with E-state index in [1.807, 2.05) is 12.2 Å². The number of nitrogens with zero attached hydrogens (tertiary/aromatic N) is 2. The molecule has 0 N–H and O–H groups in total. The standard InChI is InChI=1S/2C11H19NO3.Ca/c2*1-3-4-5-6-7-8-10(13)12(2)9-11(14)15;/h2*3H,1,4-9H2,2H3,(H,14,15);/q;;+2/p-2. The Hall–Kier alpha value is -1.38. The van der Waals surface area contributed by atoms with Gasteiger partial charge in [-0.05, 0) is 38.5 Å². The van der Waals surface area contributed by atoms with Gasteiger partial charge >= 0.3 is 37.7 Å². The molecule has 0 spiro atoms. The van der Waals surface area contributed by atoms with Crippen LogP contribution in [0.5, 0.6) is 0 Å². The zero-order chi connectivity index (χ0) is 23.4. The second-order valence-electron chi connectivity index (χ2n) is 7.02. The van der Waals surface area contributed by atoms with Crippen molar-refractivity contribution in [2.24, 2.45) is 0 Å². The van der Waals surface area contributed by atoms with Crippen LogP contribution in [0.2, 0.25) is 0 Å². The topological polar surface area (TPSA) is 121 Å². The van der Waals surface area contributed by atoms with Crippen molar-refractivity contribution in [2.45, 2.75) is 64.2 Å². The number of carboxylic acids is 2. The number of rotatable bonds is 16. The molecule has 0 saturated heterocycles. The fraction of sp³-hybridized carbons (Fsp3) is 0.636. The van der Waals surface area contributed by atoms with Crippen molar-refractivity contribution in [3.8, 4) is 0 Å². The van der Waals surface area contributed by atoms with Crippen molar-refractivity contribution in [3.05, 3.63) is 25.3 Å². The molecule has 0 radical (unpaired) electrons. The largest absolute Gasteiger partial charge is 2.00 e. The van der Waals surface area contributed by atoms with E-state index in [0.717, 1.165) is 51.4 Å². The molecule has 0 aliphatic carbocycles. The molecular weight excluding hydrogens is 428 g/mol. The Bertz CT molecular complexity index is 506. The molecule has 0 fully saturated rings. The van der Waals surface area contributed by atoms with Crippen LogP contribution in [0.4, 0.5) is 0 Å². The molecule has 0 atom stereocenters. The first kappa shape index (κ1) is 34.2. The van der Waals surface area contributed by atoms with E-state index in [1.54, 1.807) is 0 Å². The number of unbranched alkanes of at least 4 members (excludes halogenated alkanes) is 6.